The van der Waals surface area contributed by atoms with Gasteiger partial charge in [-0.15, -0.1) is 0 Å². The average Bonchev–Trinajstić information content (AvgIpc) is 2.20. The first-order chi connectivity index (χ1) is 6.72. The Balaban J connectivity index is 1.94. The summed E-state index contributed by atoms with van der Waals surface area (Å²) in [6, 6.07) is -0.355. The van der Waals surface area contributed by atoms with Crippen LogP contribution in [0, 0.1) is 0 Å². The van der Waals surface area contributed by atoms with Crippen LogP contribution in [0.4, 0.5) is 0 Å². The van der Waals surface area contributed by atoms with E-state index in [4.69, 9.17) is 24.7 Å². The molecule has 3 N–H and O–H groups in total. The summed E-state index contributed by atoms with van der Waals surface area (Å²) in [6.07, 6.45) is -2.07. The lowest BCUT2D eigenvalue weighted by Crippen LogP contribution is -2.77. The summed E-state index contributed by atoms with van der Waals surface area (Å²) in [7, 11) is 1.56. The van der Waals surface area contributed by atoms with Crippen LogP contribution in [-0.4, -0.2) is 55.3 Å². The zero-order valence-electron chi connectivity index (χ0n) is 7.70. The lowest BCUT2D eigenvalue weighted by atomic mass is 9.81. The van der Waals surface area contributed by atoms with Gasteiger partial charge in [0.1, 0.15) is 30.5 Å². The van der Waals surface area contributed by atoms with Crippen LogP contribution in [0.1, 0.15) is 0 Å². The molecule has 0 spiro atoms. The second kappa shape index (κ2) is 2.88. The molecule has 6 heteroatoms. The van der Waals surface area contributed by atoms with Crippen molar-refractivity contribution in [2.45, 2.75) is 43.0 Å². The molecule has 0 aromatic carbocycles. The summed E-state index contributed by atoms with van der Waals surface area (Å²) < 4.78 is 21.2. The van der Waals surface area contributed by atoms with Gasteiger partial charge in [-0.2, -0.15) is 0 Å². The number of aliphatic hydroxyl groups excluding tert-OH is 1. The van der Waals surface area contributed by atoms with Gasteiger partial charge in [-0.05, 0) is 0 Å². The molecule has 0 amide bonds. The van der Waals surface area contributed by atoms with E-state index in [2.05, 4.69) is 0 Å². The van der Waals surface area contributed by atoms with Crippen molar-refractivity contribution in [3.63, 3.8) is 0 Å². The zero-order chi connectivity index (χ0) is 9.87. The van der Waals surface area contributed by atoms with E-state index in [9.17, 15) is 5.11 Å². The fourth-order valence-corrected chi connectivity index (χ4v) is 2.45. The molecule has 1 aliphatic carbocycles. The number of rotatable bonds is 1. The average molecular weight is 203 g/mol. The third-order valence-corrected chi connectivity index (χ3v) is 3.16. The molecule has 14 heavy (non-hydrogen) atoms. The highest BCUT2D eigenvalue weighted by Gasteiger charge is 2.60. The van der Waals surface area contributed by atoms with E-state index in [1.807, 2.05) is 0 Å². The minimum Gasteiger partial charge on any atom is -0.388 e. The van der Waals surface area contributed by atoms with Crippen molar-refractivity contribution in [1.29, 1.82) is 0 Å². The van der Waals surface area contributed by atoms with E-state index in [0.717, 1.165) is 0 Å². The minimum absolute atomic E-state index is 0.245. The fourth-order valence-electron chi connectivity index (χ4n) is 2.45. The number of nitrogens with two attached hydrogens (primary N) is 1. The first-order valence-corrected chi connectivity index (χ1v) is 4.65. The Bertz CT molecular complexity index is 230. The Kier molecular flexibility index (Phi) is 1.85. The van der Waals surface area contributed by atoms with Crippen molar-refractivity contribution in [3.8, 4) is 0 Å². The first-order valence-electron chi connectivity index (χ1n) is 4.65. The van der Waals surface area contributed by atoms with Gasteiger partial charge >= 0.3 is 0 Å². The summed E-state index contributed by atoms with van der Waals surface area (Å²) in [6.45, 7) is -0.690. The maximum atomic E-state index is 9.83. The van der Waals surface area contributed by atoms with Gasteiger partial charge < -0.3 is 29.8 Å². The number of hydrogen-bond donors (Lipinski definition) is 2. The van der Waals surface area contributed by atoms with E-state index in [-0.39, 0.29) is 24.4 Å². The Hall–Kier alpha value is -0.240. The Labute approximate surface area is 80.9 Å². The number of methoxy groups -OCH3 is 1. The number of aliphatic hydroxyl groups is 1. The summed E-state index contributed by atoms with van der Waals surface area (Å²) in [5.41, 5.74) is 5.88. The third-order valence-electron chi connectivity index (χ3n) is 3.16. The van der Waals surface area contributed by atoms with Crippen LogP contribution in [-0.2, 0) is 18.9 Å². The van der Waals surface area contributed by atoms with Crippen LogP contribution in [0.3, 0.4) is 0 Å². The SMILES string of the molecule is CO[C@H]1[C@@H]2OC3O[C@@H]([C@@H]2N)[C@@H](O)[C@@H]1O3. The van der Waals surface area contributed by atoms with Crippen LogP contribution >= 0.6 is 0 Å². The van der Waals surface area contributed by atoms with Crippen LogP contribution in [0.25, 0.3) is 0 Å². The van der Waals surface area contributed by atoms with Gasteiger partial charge in [0.2, 0.25) is 0 Å². The monoisotopic (exact) mass is 203 g/mol. The molecular weight excluding hydrogens is 190 g/mol. The van der Waals surface area contributed by atoms with Crippen molar-refractivity contribution in [2.75, 3.05) is 7.11 Å². The molecule has 4 fully saturated rings. The maximum absolute atomic E-state index is 9.83. The van der Waals surface area contributed by atoms with E-state index in [0.29, 0.717) is 0 Å². The first kappa shape index (κ1) is 9.02. The molecule has 0 aromatic rings. The molecule has 4 aliphatic rings. The largest absolute Gasteiger partial charge is 0.388 e. The molecule has 1 saturated carbocycles. The quantitative estimate of drug-likeness (QED) is 0.521. The normalized spacial score (nSPS) is 60.6. The smallest absolute Gasteiger partial charge is 0.272 e. The van der Waals surface area contributed by atoms with Crippen molar-refractivity contribution in [1.82, 2.24) is 0 Å². The van der Waals surface area contributed by atoms with Crippen LogP contribution in [0.15, 0.2) is 0 Å². The molecule has 0 radical (unpaired) electrons. The van der Waals surface area contributed by atoms with E-state index >= 15 is 0 Å². The highest BCUT2D eigenvalue weighted by atomic mass is 16.9. The van der Waals surface area contributed by atoms with Gasteiger partial charge in [0.15, 0.2) is 0 Å². The van der Waals surface area contributed by atoms with Crippen molar-refractivity contribution in [2.24, 2.45) is 5.73 Å². The molecular formula is C8H13NO5. The molecule has 0 aromatic heterocycles. The standard InChI is InChI=1S/C8H13NO5/c1-11-7-5-2(9)4-3(10)6(7)14-8(12-4)13-5/h2-8,10H,9H2,1H3/t2-,3+,4-,5+,6-,7-,8?/m0/s1. The Morgan fingerprint density at radius 3 is 2.50 bits per heavy atom. The Morgan fingerprint density at radius 2 is 1.79 bits per heavy atom. The van der Waals surface area contributed by atoms with Crippen LogP contribution in [0.2, 0.25) is 0 Å². The molecule has 7 atom stereocenters. The van der Waals surface area contributed by atoms with Gasteiger partial charge in [0.25, 0.3) is 6.48 Å². The predicted molar refractivity (Wildman–Crippen MR) is 43.2 cm³/mol. The second-order valence-corrected chi connectivity index (χ2v) is 3.86. The van der Waals surface area contributed by atoms with Gasteiger partial charge in [0.05, 0.1) is 6.04 Å². The minimum atomic E-state index is -0.730. The molecule has 6 nitrogen and oxygen atoms in total. The summed E-state index contributed by atoms with van der Waals surface area (Å²) in [5.74, 6) is 0. The summed E-state index contributed by atoms with van der Waals surface area (Å²) >= 11 is 0. The van der Waals surface area contributed by atoms with Gasteiger partial charge in [-0.25, -0.2) is 0 Å². The van der Waals surface area contributed by atoms with Gasteiger partial charge in [-0.1, -0.05) is 0 Å². The highest BCUT2D eigenvalue weighted by molar-refractivity contribution is 5.07. The molecule has 4 bridgehead atoms. The van der Waals surface area contributed by atoms with Crippen molar-refractivity contribution in [3.05, 3.63) is 0 Å². The highest BCUT2D eigenvalue weighted by Crippen LogP contribution is 2.39. The molecule has 3 saturated heterocycles. The second-order valence-electron chi connectivity index (χ2n) is 3.86. The molecule has 3 aliphatic heterocycles. The van der Waals surface area contributed by atoms with Gasteiger partial charge in [-0.3, -0.25) is 0 Å². The molecule has 1 unspecified atom stereocenters. The maximum Gasteiger partial charge on any atom is 0.272 e. The number of hydrogen-bond acceptors (Lipinski definition) is 6. The summed E-state index contributed by atoms with van der Waals surface area (Å²) in [5, 5.41) is 9.83. The number of ether oxygens (including phenoxy) is 4. The van der Waals surface area contributed by atoms with Crippen molar-refractivity contribution < 1.29 is 24.1 Å². The zero-order valence-corrected chi connectivity index (χ0v) is 7.70. The van der Waals surface area contributed by atoms with E-state index < -0.39 is 18.7 Å². The molecule has 4 rings (SSSR count). The van der Waals surface area contributed by atoms with Crippen LogP contribution < -0.4 is 5.73 Å². The molecule has 80 valence electrons. The summed E-state index contributed by atoms with van der Waals surface area (Å²) in [4.78, 5) is 0. The third kappa shape index (κ3) is 0.955. The Morgan fingerprint density at radius 1 is 1.14 bits per heavy atom. The van der Waals surface area contributed by atoms with Gasteiger partial charge in [0, 0.05) is 7.11 Å². The van der Waals surface area contributed by atoms with E-state index in [1.165, 1.54) is 0 Å². The predicted octanol–water partition coefficient (Wildman–Crippen LogP) is -1.83. The lowest BCUT2D eigenvalue weighted by molar-refractivity contribution is -0.468. The van der Waals surface area contributed by atoms with Crippen molar-refractivity contribution >= 4 is 0 Å². The fraction of sp³-hybridized carbons (Fsp3) is 1.00. The van der Waals surface area contributed by atoms with E-state index in [1.54, 1.807) is 7.11 Å². The lowest BCUT2D eigenvalue weighted by Gasteiger charge is -2.57. The topological polar surface area (TPSA) is 83.2 Å². The van der Waals surface area contributed by atoms with Crippen LogP contribution in [0.5, 0.6) is 0 Å². The molecule has 3 heterocycles.